The third-order valence-corrected chi connectivity index (χ3v) is 5.56. The highest BCUT2D eigenvalue weighted by Gasteiger charge is 2.32. The van der Waals surface area contributed by atoms with Crippen molar-refractivity contribution < 1.29 is 4.79 Å². The van der Waals surface area contributed by atoms with E-state index in [0.29, 0.717) is 16.9 Å². The van der Waals surface area contributed by atoms with Crippen molar-refractivity contribution in [3.63, 3.8) is 0 Å². The molecule has 1 N–H and O–H groups in total. The van der Waals surface area contributed by atoms with Crippen molar-refractivity contribution in [2.75, 3.05) is 29.1 Å². The summed E-state index contributed by atoms with van der Waals surface area (Å²) in [4.78, 5) is 18.5. The third kappa shape index (κ3) is 3.74. The number of pyridine rings is 1. The first kappa shape index (κ1) is 16.7. The third-order valence-electron chi connectivity index (χ3n) is 4.31. The van der Waals surface area contributed by atoms with Crippen molar-refractivity contribution >= 4 is 40.9 Å². The smallest absolute Gasteiger partial charge is 0.234 e. The topological polar surface area (TPSA) is 75.9 Å². The molecule has 1 amide bonds. The molecule has 132 valence electrons. The Labute approximate surface area is 155 Å². The van der Waals surface area contributed by atoms with Gasteiger partial charge in [-0.15, -0.1) is 10.2 Å². The number of carbonyl (C=O) groups is 1. The molecule has 4 rings (SSSR count). The van der Waals surface area contributed by atoms with Gasteiger partial charge in [0.2, 0.25) is 11.9 Å². The molecule has 25 heavy (non-hydrogen) atoms. The van der Waals surface area contributed by atoms with Gasteiger partial charge in [0.25, 0.3) is 0 Å². The molecule has 0 bridgehead atoms. The normalized spacial score (nSPS) is 17.1. The Morgan fingerprint density at radius 1 is 1.32 bits per heavy atom. The van der Waals surface area contributed by atoms with E-state index in [1.54, 1.807) is 18.3 Å². The Bertz CT molecular complexity index is 772. The van der Waals surface area contributed by atoms with E-state index in [1.165, 1.54) is 24.6 Å². The second-order valence-corrected chi connectivity index (χ2v) is 7.56. The van der Waals surface area contributed by atoms with Crippen molar-refractivity contribution in [2.24, 2.45) is 0 Å². The molecule has 0 atom stereocenters. The first-order chi connectivity index (χ1) is 12.2. The fraction of sp³-hybridized carbons (Fsp3) is 0.500. The van der Waals surface area contributed by atoms with Gasteiger partial charge in [-0.25, -0.2) is 4.98 Å². The van der Waals surface area contributed by atoms with E-state index in [0.717, 1.165) is 37.0 Å². The standard InChI is InChI=1S/C16H19ClN6OS/c17-14-12(4-3-7-18-14)19-13(24)10-25-16-21-20-15(22-8-1-2-9-22)23(16)11-5-6-11/h3-4,7,11H,1-2,5-6,8-10H2,(H,19,24). The molecular formula is C16H19ClN6OS. The van der Waals surface area contributed by atoms with E-state index in [4.69, 9.17) is 11.6 Å². The van der Waals surface area contributed by atoms with Gasteiger partial charge in [0, 0.05) is 25.3 Å². The summed E-state index contributed by atoms with van der Waals surface area (Å²) in [6.07, 6.45) is 6.31. The van der Waals surface area contributed by atoms with E-state index < -0.39 is 0 Å². The molecule has 0 spiro atoms. The summed E-state index contributed by atoms with van der Waals surface area (Å²) in [5.41, 5.74) is 0.524. The quantitative estimate of drug-likeness (QED) is 0.615. The number of halogens is 1. The number of hydrogen-bond acceptors (Lipinski definition) is 6. The van der Waals surface area contributed by atoms with Crippen molar-refractivity contribution in [1.82, 2.24) is 19.7 Å². The summed E-state index contributed by atoms with van der Waals surface area (Å²) in [6, 6.07) is 3.94. The molecule has 2 aliphatic rings. The Morgan fingerprint density at radius 3 is 2.84 bits per heavy atom. The van der Waals surface area contributed by atoms with Gasteiger partial charge in [-0.05, 0) is 37.8 Å². The van der Waals surface area contributed by atoms with Crippen LogP contribution in [0.5, 0.6) is 0 Å². The molecule has 1 saturated heterocycles. The molecule has 0 unspecified atom stereocenters. The van der Waals surface area contributed by atoms with Crippen LogP contribution in [-0.2, 0) is 4.79 Å². The van der Waals surface area contributed by atoms with Crippen LogP contribution in [-0.4, -0.2) is 44.5 Å². The number of hydrogen-bond donors (Lipinski definition) is 1. The van der Waals surface area contributed by atoms with Crippen LogP contribution in [0.3, 0.4) is 0 Å². The lowest BCUT2D eigenvalue weighted by atomic mass is 10.4. The average Bonchev–Trinajstić information content (AvgIpc) is 3.13. The summed E-state index contributed by atoms with van der Waals surface area (Å²) < 4.78 is 2.21. The number of thioether (sulfide) groups is 1. The number of rotatable bonds is 6. The SMILES string of the molecule is O=C(CSc1nnc(N2CCCC2)n1C1CC1)Nc1cccnc1Cl. The van der Waals surface area contributed by atoms with Crippen molar-refractivity contribution in [3.05, 3.63) is 23.5 Å². The lowest BCUT2D eigenvalue weighted by Crippen LogP contribution is -2.22. The van der Waals surface area contributed by atoms with E-state index in [9.17, 15) is 4.79 Å². The Balaban J connectivity index is 1.42. The number of nitrogens with one attached hydrogen (secondary N) is 1. The van der Waals surface area contributed by atoms with Crippen LogP contribution in [0.1, 0.15) is 31.7 Å². The summed E-state index contributed by atoms with van der Waals surface area (Å²) in [6.45, 7) is 2.07. The van der Waals surface area contributed by atoms with E-state index in [2.05, 4.69) is 30.0 Å². The molecule has 2 fully saturated rings. The number of aromatic nitrogens is 4. The van der Waals surface area contributed by atoms with Crippen molar-refractivity contribution in [2.45, 2.75) is 36.9 Å². The fourth-order valence-electron chi connectivity index (χ4n) is 2.95. The van der Waals surface area contributed by atoms with Crippen LogP contribution < -0.4 is 10.2 Å². The lowest BCUT2D eigenvalue weighted by Gasteiger charge is -2.17. The van der Waals surface area contributed by atoms with Crippen LogP contribution in [0.2, 0.25) is 5.15 Å². The van der Waals surface area contributed by atoms with E-state index in [-0.39, 0.29) is 11.7 Å². The number of carbonyl (C=O) groups excluding carboxylic acids is 1. The molecule has 7 nitrogen and oxygen atoms in total. The average molecular weight is 379 g/mol. The van der Waals surface area contributed by atoms with Crippen molar-refractivity contribution in [3.8, 4) is 0 Å². The molecule has 0 aromatic carbocycles. The van der Waals surface area contributed by atoms with Crippen LogP contribution in [0, 0.1) is 0 Å². The van der Waals surface area contributed by atoms with Crippen molar-refractivity contribution in [1.29, 1.82) is 0 Å². The zero-order valence-corrected chi connectivity index (χ0v) is 15.3. The molecule has 9 heteroatoms. The highest BCUT2D eigenvalue weighted by Crippen LogP contribution is 2.41. The summed E-state index contributed by atoms with van der Waals surface area (Å²) >= 11 is 7.39. The fourth-order valence-corrected chi connectivity index (χ4v) is 3.92. The molecule has 1 aliphatic heterocycles. The largest absolute Gasteiger partial charge is 0.341 e. The van der Waals surface area contributed by atoms with Gasteiger partial charge < -0.3 is 10.2 Å². The zero-order valence-electron chi connectivity index (χ0n) is 13.7. The van der Waals surface area contributed by atoms with E-state index >= 15 is 0 Å². The zero-order chi connectivity index (χ0) is 17.2. The number of nitrogens with zero attached hydrogens (tertiary/aromatic N) is 5. The molecule has 1 saturated carbocycles. The molecule has 0 radical (unpaired) electrons. The van der Waals surface area contributed by atoms with Gasteiger partial charge in [-0.2, -0.15) is 0 Å². The first-order valence-electron chi connectivity index (χ1n) is 8.45. The van der Waals surface area contributed by atoms with E-state index in [1.807, 2.05) is 0 Å². The maximum absolute atomic E-state index is 12.2. The van der Waals surface area contributed by atoms with Gasteiger partial charge in [-0.3, -0.25) is 9.36 Å². The lowest BCUT2D eigenvalue weighted by molar-refractivity contribution is -0.113. The Hall–Kier alpha value is -1.80. The van der Waals surface area contributed by atoms with Crippen LogP contribution in [0.4, 0.5) is 11.6 Å². The Kier molecular flexibility index (Phi) is 4.80. The second-order valence-electron chi connectivity index (χ2n) is 6.26. The predicted octanol–water partition coefficient (Wildman–Crippen LogP) is 2.99. The molecule has 3 heterocycles. The number of anilines is 2. The van der Waals surface area contributed by atoms with Crippen LogP contribution >= 0.6 is 23.4 Å². The monoisotopic (exact) mass is 378 g/mol. The summed E-state index contributed by atoms with van der Waals surface area (Å²) in [5, 5.41) is 12.6. The summed E-state index contributed by atoms with van der Waals surface area (Å²) in [7, 11) is 0. The first-order valence-corrected chi connectivity index (χ1v) is 9.82. The molecule has 2 aromatic rings. The maximum Gasteiger partial charge on any atom is 0.234 e. The molecule has 2 aromatic heterocycles. The molecular weight excluding hydrogens is 360 g/mol. The Morgan fingerprint density at radius 2 is 2.12 bits per heavy atom. The second kappa shape index (κ2) is 7.21. The summed E-state index contributed by atoms with van der Waals surface area (Å²) in [5.74, 6) is 1.09. The minimum Gasteiger partial charge on any atom is -0.341 e. The highest BCUT2D eigenvalue weighted by atomic mass is 35.5. The number of amides is 1. The van der Waals surface area contributed by atoms with Crippen LogP contribution in [0.25, 0.3) is 0 Å². The van der Waals surface area contributed by atoms with Gasteiger partial charge >= 0.3 is 0 Å². The highest BCUT2D eigenvalue weighted by molar-refractivity contribution is 7.99. The van der Waals surface area contributed by atoms with Gasteiger partial charge in [0.15, 0.2) is 10.3 Å². The van der Waals surface area contributed by atoms with Crippen LogP contribution in [0.15, 0.2) is 23.5 Å². The minimum atomic E-state index is -0.132. The maximum atomic E-state index is 12.2. The molecule has 1 aliphatic carbocycles. The van der Waals surface area contributed by atoms with Gasteiger partial charge in [0.1, 0.15) is 0 Å². The minimum absolute atomic E-state index is 0.132. The van der Waals surface area contributed by atoms with Gasteiger partial charge in [0.05, 0.1) is 11.4 Å². The predicted molar refractivity (Wildman–Crippen MR) is 98.3 cm³/mol. The van der Waals surface area contributed by atoms with Gasteiger partial charge in [-0.1, -0.05) is 23.4 Å².